The summed E-state index contributed by atoms with van der Waals surface area (Å²) in [6.45, 7) is 5.09. The second-order valence-electron chi connectivity index (χ2n) is 7.01. The van der Waals surface area contributed by atoms with Gasteiger partial charge in [-0.05, 0) is 49.4 Å². The van der Waals surface area contributed by atoms with E-state index in [0.29, 0.717) is 17.7 Å². The van der Waals surface area contributed by atoms with Gasteiger partial charge >= 0.3 is 0 Å². The van der Waals surface area contributed by atoms with E-state index < -0.39 is 0 Å². The zero-order valence-electron chi connectivity index (χ0n) is 15.2. The van der Waals surface area contributed by atoms with Crippen LogP contribution in [0.2, 0.25) is 0 Å². The van der Waals surface area contributed by atoms with Crippen LogP contribution in [0.4, 0.5) is 5.69 Å². The molecule has 2 aliphatic rings. The first-order valence-corrected chi connectivity index (χ1v) is 9.35. The van der Waals surface area contributed by atoms with Crippen LogP contribution >= 0.6 is 0 Å². The summed E-state index contributed by atoms with van der Waals surface area (Å²) < 4.78 is 0. The van der Waals surface area contributed by atoms with Gasteiger partial charge in [0.15, 0.2) is 0 Å². The Hall–Kier alpha value is -2.86. The highest BCUT2D eigenvalue weighted by Crippen LogP contribution is 2.23. The molecule has 4 rings (SSSR count). The molecule has 0 bridgehead atoms. The van der Waals surface area contributed by atoms with Crippen LogP contribution in [0.25, 0.3) is 0 Å². The number of amides is 2. The topological polar surface area (TPSA) is 64.1 Å². The fraction of sp³-hybridized carbons (Fsp3) is 0.333. The lowest BCUT2D eigenvalue weighted by Crippen LogP contribution is -2.47. The Bertz CT molecular complexity index is 807. The van der Waals surface area contributed by atoms with Gasteiger partial charge in [-0.25, -0.2) is 0 Å². The summed E-state index contributed by atoms with van der Waals surface area (Å²) in [7, 11) is 0. The molecule has 1 saturated heterocycles. The molecule has 6 nitrogen and oxygen atoms in total. The van der Waals surface area contributed by atoms with Crippen LogP contribution in [0.3, 0.4) is 0 Å². The third-order valence-electron chi connectivity index (χ3n) is 5.32. The molecular weight excluding hydrogens is 342 g/mol. The lowest BCUT2D eigenvalue weighted by atomic mass is 10.1. The van der Waals surface area contributed by atoms with Crippen LogP contribution in [-0.4, -0.2) is 66.0 Å². The highest BCUT2D eigenvalue weighted by atomic mass is 16.3. The Morgan fingerprint density at radius 3 is 1.96 bits per heavy atom. The summed E-state index contributed by atoms with van der Waals surface area (Å²) in [5.74, 6) is -0.0638. The molecule has 0 unspecified atom stereocenters. The van der Waals surface area contributed by atoms with Crippen molar-refractivity contribution in [3.05, 3.63) is 59.7 Å². The molecule has 0 atom stereocenters. The lowest BCUT2D eigenvalue weighted by Gasteiger charge is -2.36. The van der Waals surface area contributed by atoms with E-state index >= 15 is 0 Å². The summed E-state index contributed by atoms with van der Waals surface area (Å²) in [5, 5.41) is 9.40. The van der Waals surface area contributed by atoms with Gasteiger partial charge in [0.25, 0.3) is 11.8 Å². The zero-order chi connectivity index (χ0) is 18.8. The Balaban J connectivity index is 1.25. The van der Waals surface area contributed by atoms with E-state index in [1.165, 1.54) is 4.90 Å². The van der Waals surface area contributed by atoms with Crippen molar-refractivity contribution in [3.63, 3.8) is 0 Å². The minimum atomic E-state index is -0.173. The lowest BCUT2D eigenvalue weighted by molar-refractivity contribution is 0.0647. The molecule has 0 spiro atoms. The number of anilines is 1. The van der Waals surface area contributed by atoms with Crippen molar-refractivity contribution in [1.82, 2.24) is 9.80 Å². The summed E-state index contributed by atoms with van der Waals surface area (Å²) in [5.41, 5.74) is 2.16. The van der Waals surface area contributed by atoms with E-state index in [1.807, 2.05) is 12.1 Å². The molecular formula is C21H23N3O3. The smallest absolute Gasteiger partial charge is 0.261 e. The number of nitrogens with zero attached hydrogens (tertiary/aromatic N) is 3. The number of carbonyl (C=O) groups is 2. The minimum absolute atomic E-state index is 0.173. The van der Waals surface area contributed by atoms with Crippen molar-refractivity contribution in [3.8, 4) is 5.75 Å². The molecule has 0 aromatic heterocycles. The third-order valence-corrected chi connectivity index (χ3v) is 5.32. The van der Waals surface area contributed by atoms with Crippen LogP contribution in [0.5, 0.6) is 5.75 Å². The van der Waals surface area contributed by atoms with Crippen LogP contribution in [0, 0.1) is 0 Å². The number of benzene rings is 2. The summed E-state index contributed by atoms with van der Waals surface area (Å²) in [6.07, 6.45) is 0.782. The largest absolute Gasteiger partial charge is 0.508 e. The molecule has 140 valence electrons. The molecule has 0 saturated carbocycles. The van der Waals surface area contributed by atoms with Gasteiger partial charge in [0, 0.05) is 38.4 Å². The van der Waals surface area contributed by atoms with Gasteiger partial charge < -0.3 is 10.0 Å². The highest BCUT2D eigenvalue weighted by Gasteiger charge is 2.34. The second kappa shape index (κ2) is 7.40. The number of phenolic OH excluding ortho intramolecular Hbond substituents is 1. The van der Waals surface area contributed by atoms with Crippen molar-refractivity contribution >= 4 is 17.5 Å². The minimum Gasteiger partial charge on any atom is -0.508 e. The molecule has 0 aliphatic carbocycles. The maximum atomic E-state index is 12.4. The molecule has 2 aliphatic heterocycles. The monoisotopic (exact) mass is 365 g/mol. The zero-order valence-corrected chi connectivity index (χ0v) is 15.2. The maximum Gasteiger partial charge on any atom is 0.261 e. The van der Waals surface area contributed by atoms with Crippen LogP contribution in [0.1, 0.15) is 27.1 Å². The number of hydrogen-bond donors (Lipinski definition) is 1. The predicted molar refractivity (Wildman–Crippen MR) is 103 cm³/mol. The van der Waals surface area contributed by atoms with Gasteiger partial charge in [-0.3, -0.25) is 19.4 Å². The van der Waals surface area contributed by atoms with E-state index in [4.69, 9.17) is 0 Å². The standard InChI is InChI=1S/C21H23N3O3/c25-17-8-6-16(7-9-17)23-14-12-22(13-15-23)10-3-11-24-20(26)18-4-1-2-5-19(18)21(24)27/h1-2,4-9,25H,3,10-15H2. The van der Waals surface area contributed by atoms with E-state index in [9.17, 15) is 14.7 Å². The van der Waals surface area contributed by atoms with Crippen molar-refractivity contribution in [2.45, 2.75) is 6.42 Å². The molecule has 27 heavy (non-hydrogen) atoms. The van der Waals surface area contributed by atoms with Gasteiger partial charge in [-0.1, -0.05) is 12.1 Å². The van der Waals surface area contributed by atoms with Gasteiger partial charge in [-0.15, -0.1) is 0 Å². The summed E-state index contributed by atoms with van der Waals surface area (Å²) in [6, 6.07) is 14.3. The average Bonchev–Trinajstić information content (AvgIpc) is 2.94. The first-order valence-electron chi connectivity index (χ1n) is 9.35. The predicted octanol–water partition coefficient (Wildman–Crippen LogP) is 2.20. The number of carbonyl (C=O) groups excluding carboxylic acids is 2. The molecule has 1 N–H and O–H groups in total. The Kier molecular flexibility index (Phi) is 4.81. The van der Waals surface area contributed by atoms with Crippen LogP contribution in [-0.2, 0) is 0 Å². The number of hydrogen-bond acceptors (Lipinski definition) is 5. The number of rotatable bonds is 5. The van der Waals surface area contributed by atoms with Gasteiger partial charge in [0.05, 0.1) is 11.1 Å². The highest BCUT2D eigenvalue weighted by molar-refractivity contribution is 6.21. The van der Waals surface area contributed by atoms with Crippen LogP contribution < -0.4 is 4.90 Å². The van der Waals surface area contributed by atoms with E-state index in [1.54, 1.807) is 36.4 Å². The maximum absolute atomic E-state index is 12.4. The summed E-state index contributed by atoms with van der Waals surface area (Å²) in [4.78, 5) is 30.8. The first kappa shape index (κ1) is 17.5. The fourth-order valence-electron chi connectivity index (χ4n) is 3.79. The third kappa shape index (κ3) is 3.53. The Labute approximate surface area is 158 Å². The normalized spacial score (nSPS) is 17.5. The number of phenols is 1. The molecule has 6 heteroatoms. The SMILES string of the molecule is O=C1c2ccccc2C(=O)N1CCCN1CCN(c2ccc(O)cc2)CC1. The van der Waals surface area contributed by atoms with E-state index in [2.05, 4.69) is 9.80 Å². The van der Waals surface area contributed by atoms with Gasteiger partial charge in [-0.2, -0.15) is 0 Å². The number of imide groups is 1. The second-order valence-corrected chi connectivity index (χ2v) is 7.01. The molecule has 1 fully saturated rings. The van der Waals surface area contributed by atoms with Crippen LogP contribution in [0.15, 0.2) is 48.5 Å². The van der Waals surface area contributed by atoms with Crippen molar-refractivity contribution in [2.24, 2.45) is 0 Å². The first-order chi connectivity index (χ1) is 13.1. The molecule has 0 radical (unpaired) electrons. The van der Waals surface area contributed by atoms with E-state index in [0.717, 1.165) is 44.8 Å². The molecule has 2 aromatic carbocycles. The molecule has 2 amide bonds. The van der Waals surface area contributed by atoms with Gasteiger partial charge in [0.1, 0.15) is 5.75 Å². The quantitative estimate of drug-likeness (QED) is 0.823. The Morgan fingerprint density at radius 2 is 1.37 bits per heavy atom. The Morgan fingerprint density at radius 1 is 0.778 bits per heavy atom. The average molecular weight is 365 g/mol. The van der Waals surface area contributed by atoms with Crippen molar-refractivity contribution < 1.29 is 14.7 Å². The number of aromatic hydroxyl groups is 1. The molecule has 2 aromatic rings. The van der Waals surface area contributed by atoms with E-state index in [-0.39, 0.29) is 17.6 Å². The van der Waals surface area contributed by atoms with Crippen molar-refractivity contribution in [2.75, 3.05) is 44.2 Å². The molecule has 2 heterocycles. The number of fused-ring (bicyclic) bond motifs is 1. The summed E-state index contributed by atoms with van der Waals surface area (Å²) >= 11 is 0. The fourth-order valence-corrected chi connectivity index (χ4v) is 3.79. The van der Waals surface area contributed by atoms with Gasteiger partial charge in [0.2, 0.25) is 0 Å². The van der Waals surface area contributed by atoms with Crippen molar-refractivity contribution in [1.29, 1.82) is 0 Å². The number of piperazine rings is 1.